The summed E-state index contributed by atoms with van der Waals surface area (Å²) >= 11 is 6.25. The Labute approximate surface area is 113 Å². The molecular formula is C14H17ClN2O. The van der Waals surface area contributed by atoms with Crippen LogP contribution in [-0.2, 0) is 4.74 Å². The summed E-state index contributed by atoms with van der Waals surface area (Å²) in [4.78, 5) is 2.22. The van der Waals surface area contributed by atoms with Gasteiger partial charge in [-0.3, -0.25) is 0 Å². The molecule has 0 amide bonds. The van der Waals surface area contributed by atoms with Gasteiger partial charge >= 0.3 is 0 Å². The summed E-state index contributed by atoms with van der Waals surface area (Å²) < 4.78 is 5.87. The monoisotopic (exact) mass is 264 g/mol. The summed E-state index contributed by atoms with van der Waals surface area (Å²) in [5.41, 5.74) is 1.37. The first-order valence-electron chi connectivity index (χ1n) is 6.04. The largest absolute Gasteiger partial charge is 0.369 e. The molecule has 4 heteroatoms. The van der Waals surface area contributed by atoms with Gasteiger partial charge in [0.25, 0.3) is 0 Å². The first kappa shape index (κ1) is 13.2. The molecule has 3 nitrogen and oxygen atoms in total. The van der Waals surface area contributed by atoms with Gasteiger partial charge in [-0.1, -0.05) is 11.6 Å². The maximum atomic E-state index is 8.85. The van der Waals surface area contributed by atoms with E-state index >= 15 is 0 Å². The van der Waals surface area contributed by atoms with Crippen molar-refractivity contribution in [1.82, 2.24) is 0 Å². The Kier molecular flexibility index (Phi) is 3.52. The van der Waals surface area contributed by atoms with Crippen LogP contribution in [-0.4, -0.2) is 24.8 Å². The third-order valence-electron chi connectivity index (χ3n) is 2.99. The minimum Gasteiger partial charge on any atom is -0.369 e. The number of rotatable bonds is 1. The summed E-state index contributed by atoms with van der Waals surface area (Å²) in [6, 6.07) is 7.52. The minimum absolute atomic E-state index is 0.167. The van der Waals surface area contributed by atoms with E-state index in [2.05, 4.69) is 31.7 Å². The van der Waals surface area contributed by atoms with Gasteiger partial charge in [0.2, 0.25) is 0 Å². The second-order valence-corrected chi connectivity index (χ2v) is 5.75. The molecule has 1 saturated heterocycles. The molecule has 2 rings (SSSR count). The topological polar surface area (TPSA) is 36.3 Å². The maximum Gasteiger partial charge on any atom is 0.0992 e. The number of anilines is 1. The predicted octanol–water partition coefficient (Wildman–Crippen LogP) is 3.22. The molecule has 0 aliphatic carbocycles. The number of nitriles is 1. The molecule has 0 aromatic heterocycles. The van der Waals surface area contributed by atoms with Crippen LogP contribution < -0.4 is 4.90 Å². The Morgan fingerprint density at radius 1 is 1.50 bits per heavy atom. The van der Waals surface area contributed by atoms with Gasteiger partial charge < -0.3 is 9.64 Å². The molecule has 1 fully saturated rings. The Morgan fingerprint density at radius 2 is 2.22 bits per heavy atom. The summed E-state index contributed by atoms with van der Waals surface area (Å²) in [5.74, 6) is 0. The lowest BCUT2D eigenvalue weighted by atomic mass is 10.0. The van der Waals surface area contributed by atoms with Crippen LogP contribution in [0.4, 0.5) is 5.69 Å². The molecule has 0 bridgehead atoms. The van der Waals surface area contributed by atoms with Crippen LogP contribution >= 0.6 is 11.6 Å². The highest BCUT2D eigenvalue weighted by Gasteiger charge is 2.32. The SMILES string of the molecule is CC1CN(c2ccc(C#N)cc2Cl)CC(C)(C)O1. The lowest BCUT2D eigenvalue weighted by molar-refractivity contribution is -0.0749. The predicted molar refractivity (Wildman–Crippen MR) is 73.0 cm³/mol. The smallest absolute Gasteiger partial charge is 0.0992 e. The van der Waals surface area contributed by atoms with Crippen LogP contribution in [0.3, 0.4) is 0 Å². The van der Waals surface area contributed by atoms with E-state index in [0.29, 0.717) is 10.6 Å². The fourth-order valence-corrected chi connectivity index (χ4v) is 2.77. The Balaban J connectivity index is 2.29. The number of halogens is 1. The van der Waals surface area contributed by atoms with E-state index in [-0.39, 0.29) is 11.7 Å². The molecule has 0 N–H and O–H groups in total. The average molecular weight is 265 g/mol. The van der Waals surface area contributed by atoms with Crippen molar-refractivity contribution in [2.24, 2.45) is 0 Å². The molecule has 0 radical (unpaired) electrons. The zero-order chi connectivity index (χ0) is 13.3. The van der Waals surface area contributed by atoms with E-state index in [1.54, 1.807) is 12.1 Å². The van der Waals surface area contributed by atoms with E-state index in [1.165, 1.54) is 0 Å². The van der Waals surface area contributed by atoms with Crippen LogP contribution in [0.15, 0.2) is 18.2 Å². The first-order chi connectivity index (χ1) is 8.41. The third kappa shape index (κ3) is 2.77. The van der Waals surface area contributed by atoms with Crippen LogP contribution in [0.1, 0.15) is 26.3 Å². The molecule has 1 unspecified atom stereocenters. The molecular weight excluding hydrogens is 248 g/mol. The van der Waals surface area contributed by atoms with E-state index in [0.717, 1.165) is 18.8 Å². The molecule has 1 aliphatic heterocycles. The first-order valence-corrected chi connectivity index (χ1v) is 6.41. The summed E-state index contributed by atoms with van der Waals surface area (Å²) in [6.07, 6.45) is 0.167. The molecule has 0 saturated carbocycles. The van der Waals surface area contributed by atoms with Crippen molar-refractivity contribution in [3.05, 3.63) is 28.8 Å². The van der Waals surface area contributed by atoms with Crippen LogP contribution in [0.5, 0.6) is 0 Å². The van der Waals surface area contributed by atoms with Gasteiger partial charge in [0.05, 0.1) is 34.0 Å². The van der Waals surface area contributed by atoms with Crippen molar-refractivity contribution < 1.29 is 4.74 Å². The van der Waals surface area contributed by atoms with E-state index in [1.807, 2.05) is 6.07 Å². The second kappa shape index (κ2) is 4.79. The van der Waals surface area contributed by atoms with Crippen LogP contribution in [0.25, 0.3) is 0 Å². The van der Waals surface area contributed by atoms with Gasteiger partial charge in [-0.15, -0.1) is 0 Å². The van der Waals surface area contributed by atoms with Gasteiger partial charge in [-0.05, 0) is 39.0 Å². The number of morpholine rings is 1. The van der Waals surface area contributed by atoms with Crippen molar-refractivity contribution in [1.29, 1.82) is 5.26 Å². The molecule has 1 heterocycles. The number of hydrogen-bond acceptors (Lipinski definition) is 3. The third-order valence-corrected chi connectivity index (χ3v) is 3.29. The second-order valence-electron chi connectivity index (χ2n) is 5.35. The van der Waals surface area contributed by atoms with Gasteiger partial charge in [0.1, 0.15) is 0 Å². The number of nitrogens with zero attached hydrogens (tertiary/aromatic N) is 2. The molecule has 1 aromatic carbocycles. The zero-order valence-corrected chi connectivity index (χ0v) is 11.7. The highest BCUT2D eigenvalue weighted by Crippen LogP contribution is 2.31. The normalized spacial score (nSPS) is 22.6. The van der Waals surface area contributed by atoms with Crippen LogP contribution in [0, 0.1) is 11.3 Å². The van der Waals surface area contributed by atoms with Gasteiger partial charge in [0, 0.05) is 13.1 Å². The summed E-state index contributed by atoms with van der Waals surface area (Å²) in [5, 5.41) is 9.47. The summed E-state index contributed by atoms with van der Waals surface area (Å²) in [7, 11) is 0. The lowest BCUT2D eigenvalue weighted by Gasteiger charge is -2.43. The van der Waals surface area contributed by atoms with Gasteiger partial charge in [-0.2, -0.15) is 5.26 Å². The standard InChI is InChI=1S/C14H17ClN2O/c1-10-8-17(9-14(2,3)18-10)13-5-4-11(7-16)6-12(13)15/h4-6,10H,8-9H2,1-3H3. The van der Waals surface area contributed by atoms with Gasteiger partial charge in [0.15, 0.2) is 0 Å². The highest BCUT2D eigenvalue weighted by atomic mass is 35.5. The van der Waals surface area contributed by atoms with E-state index < -0.39 is 0 Å². The van der Waals surface area contributed by atoms with Crippen molar-refractivity contribution >= 4 is 17.3 Å². The molecule has 1 atom stereocenters. The van der Waals surface area contributed by atoms with Crippen molar-refractivity contribution in [3.8, 4) is 6.07 Å². The quantitative estimate of drug-likeness (QED) is 0.781. The minimum atomic E-state index is -0.186. The fraction of sp³-hybridized carbons (Fsp3) is 0.500. The maximum absolute atomic E-state index is 8.85. The highest BCUT2D eigenvalue weighted by molar-refractivity contribution is 6.33. The van der Waals surface area contributed by atoms with E-state index in [4.69, 9.17) is 21.6 Å². The Morgan fingerprint density at radius 3 is 2.78 bits per heavy atom. The number of ether oxygens (including phenoxy) is 1. The van der Waals surface area contributed by atoms with E-state index in [9.17, 15) is 0 Å². The fourth-order valence-electron chi connectivity index (χ4n) is 2.47. The van der Waals surface area contributed by atoms with Crippen molar-refractivity contribution in [2.75, 3.05) is 18.0 Å². The Bertz CT molecular complexity index is 493. The summed E-state index contributed by atoms with van der Waals surface area (Å²) in [6.45, 7) is 7.82. The number of benzene rings is 1. The van der Waals surface area contributed by atoms with Crippen molar-refractivity contribution in [3.63, 3.8) is 0 Å². The molecule has 1 aromatic rings. The Hall–Kier alpha value is -1.24. The average Bonchev–Trinajstić information content (AvgIpc) is 2.25. The molecule has 96 valence electrons. The lowest BCUT2D eigenvalue weighted by Crippen LogP contribution is -2.52. The zero-order valence-electron chi connectivity index (χ0n) is 10.9. The van der Waals surface area contributed by atoms with Crippen molar-refractivity contribution in [2.45, 2.75) is 32.5 Å². The van der Waals surface area contributed by atoms with Crippen LogP contribution in [0.2, 0.25) is 5.02 Å². The van der Waals surface area contributed by atoms with Gasteiger partial charge in [-0.25, -0.2) is 0 Å². The number of hydrogen-bond donors (Lipinski definition) is 0. The molecule has 0 spiro atoms. The molecule has 1 aliphatic rings. The molecule has 18 heavy (non-hydrogen) atoms.